The summed E-state index contributed by atoms with van der Waals surface area (Å²) in [4.78, 5) is 10.6. The molecule has 12 heavy (non-hydrogen) atoms. The van der Waals surface area contributed by atoms with E-state index in [1.807, 2.05) is 6.92 Å². The van der Waals surface area contributed by atoms with Gasteiger partial charge < -0.3 is 5.11 Å². The van der Waals surface area contributed by atoms with Crippen molar-refractivity contribution in [3.8, 4) is 0 Å². The van der Waals surface area contributed by atoms with Crippen LogP contribution < -0.4 is 0 Å². The van der Waals surface area contributed by atoms with E-state index in [0.29, 0.717) is 0 Å². The molecule has 0 amide bonds. The number of carboxylic acids is 1. The Labute approximate surface area is 82.5 Å². The molecule has 0 aromatic heterocycles. The van der Waals surface area contributed by atoms with Crippen molar-refractivity contribution in [2.24, 2.45) is 5.92 Å². The molecule has 0 heterocycles. The zero-order valence-electron chi connectivity index (χ0n) is 7.55. The van der Waals surface area contributed by atoms with E-state index >= 15 is 0 Å². The first kappa shape index (κ1) is 11.9. The van der Waals surface area contributed by atoms with Gasteiger partial charge in [0.2, 0.25) is 0 Å². The first-order valence-electron chi connectivity index (χ1n) is 4.51. The number of rotatable bonds is 7. The standard InChI is InChI=1S/C9H17BrO2/c1-2-8(9(11)12)6-4-3-5-7-10/h8H,2-7H2,1H3,(H,11,12). The van der Waals surface area contributed by atoms with Gasteiger partial charge in [0.15, 0.2) is 0 Å². The number of carboxylic acid groups (broad SMARTS) is 1. The van der Waals surface area contributed by atoms with E-state index in [-0.39, 0.29) is 5.92 Å². The van der Waals surface area contributed by atoms with Crippen LogP contribution in [-0.4, -0.2) is 16.4 Å². The van der Waals surface area contributed by atoms with E-state index in [2.05, 4.69) is 15.9 Å². The van der Waals surface area contributed by atoms with Gasteiger partial charge >= 0.3 is 5.97 Å². The normalized spacial score (nSPS) is 12.8. The van der Waals surface area contributed by atoms with E-state index in [1.54, 1.807) is 0 Å². The lowest BCUT2D eigenvalue weighted by molar-refractivity contribution is -0.142. The van der Waals surface area contributed by atoms with Crippen molar-refractivity contribution in [1.29, 1.82) is 0 Å². The van der Waals surface area contributed by atoms with Crippen molar-refractivity contribution in [2.45, 2.75) is 39.0 Å². The molecule has 0 aromatic rings. The molecule has 1 unspecified atom stereocenters. The predicted octanol–water partition coefficient (Wildman–Crippen LogP) is 3.05. The summed E-state index contributed by atoms with van der Waals surface area (Å²) in [6.45, 7) is 1.93. The van der Waals surface area contributed by atoms with E-state index in [0.717, 1.165) is 37.4 Å². The van der Waals surface area contributed by atoms with Crippen molar-refractivity contribution in [3.63, 3.8) is 0 Å². The Kier molecular flexibility index (Phi) is 7.56. The minimum Gasteiger partial charge on any atom is -0.481 e. The highest BCUT2D eigenvalue weighted by Gasteiger charge is 2.13. The minimum absolute atomic E-state index is 0.125. The molecule has 1 atom stereocenters. The molecular formula is C9H17BrO2. The Balaban J connectivity index is 3.38. The van der Waals surface area contributed by atoms with Crippen LogP contribution in [0.1, 0.15) is 39.0 Å². The van der Waals surface area contributed by atoms with Gasteiger partial charge in [-0.25, -0.2) is 0 Å². The van der Waals surface area contributed by atoms with Crippen LogP contribution in [0.15, 0.2) is 0 Å². The summed E-state index contributed by atoms with van der Waals surface area (Å²) >= 11 is 3.35. The monoisotopic (exact) mass is 236 g/mol. The maximum Gasteiger partial charge on any atom is 0.306 e. The zero-order chi connectivity index (χ0) is 9.40. The summed E-state index contributed by atoms with van der Waals surface area (Å²) in [6, 6.07) is 0. The summed E-state index contributed by atoms with van der Waals surface area (Å²) < 4.78 is 0. The van der Waals surface area contributed by atoms with Crippen molar-refractivity contribution >= 4 is 21.9 Å². The molecule has 0 rings (SSSR count). The largest absolute Gasteiger partial charge is 0.481 e. The lowest BCUT2D eigenvalue weighted by Gasteiger charge is -2.07. The summed E-state index contributed by atoms with van der Waals surface area (Å²) in [7, 11) is 0. The maximum atomic E-state index is 10.6. The van der Waals surface area contributed by atoms with Gasteiger partial charge in [0, 0.05) is 5.33 Å². The van der Waals surface area contributed by atoms with Gasteiger partial charge in [0.1, 0.15) is 0 Å². The molecule has 0 aliphatic rings. The lowest BCUT2D eigenvalue weighted by Crippen LogP contribution is -2.12. The van der Waals surface area contributed by atoms with Gasteiger partial charge in [-0.05, 0) is 19.3 Å². The van der Waals surface area contributed by atoms with Crippen molar-refractivity contribution in [3.05, 3.63) is 0 Å². The zero-order valence-corrected chi connectivity index (χ0v) is 9.14. The van der Waals surface area contributed by atoms with E-state index < -0.39 is 5.97 Å². The van der Waals surface area contributed by atoms with Crippen LogP contribution in [0.5, 0.6) is 0 Å². The van der Waals surface area contributed by atoms with E-state index in [4.69, 9.17) is 5.11 Å². The Bertz CT molecular complexity index is 126. The summed E-state index contributed by atoms with van der Waals surface area (Å²) in [5.74, 6) is -0.767. The SMILES string of the molecule is CCC(CCCCCBr)C(=O)O. The predicted molar refractivity (Wildman–Crippen MR) is 53.7 cm³/mol. The number of alkyl halides is 1. The molecule has 2 nitrogen and oxygen atoms in total. The van der Waals surface area contributed by atoms with Gasteiger partial charge in [-0.2, -0.15) is 0 Å². The third-order valence-corrected chi connectivity index (χ3v) is 2.59. The Morgan fingerprint density at radius 2 is 2.08 bits per heavy atom. The highest BCUT2D eigenvalue weighted by atomic mass is 79.9. The second-order valence-electron chi connectivity index (χ2n) is 2.98. The average molecular weight is 237 g/mol. The van der Waals surface area contributed by atoms with Crippen LogP contribution in [0.4, 0.5) is 0 Å². The molecule has 0 aliphatic heterocycles. The van der Waals surface area contributed by atoms with Crippen LogP contribution in [-0.2, 0) is 4.79 Å². The molecule has 72 valence electrons. The smallest absolute Gasteiger partial charge is 0.306 e. The third-order valence-electron chi connectivity index (χ3n) is 2.03. The molecule has 0 bridgehead atoms. The van der Waals surface area contributed by atoms with Crippen molar-refractivity contribution in [2.75, 3.05) is 5.33 Å². The van der Waals surface area contributed by atoms with Gasteiger partial charge in [0.25, 0.3) is 0 Å². The van der Waals surface area contributed by atoms with Crippen LogP contribution in [0.3, 0.4) is 0 Å². The average Bonchev–Trinajstić information content (AvgIpc) is 2.04. The van der Waals surface area contributed by atoms with Crippen molar-refractivity contribution in [1.82, 2.24) is 0 Å². The maximum absolute atomic E-state index is 10.6. The molecule has 0 saturated carbocycles. The molecule has 0 aliphatic carbocycles. The van der Waals surface area contributed by atoms with Crippen LogP contribution in [0.25, 0.3) is 0 Å². The molecular weight excluding hydrogens is 220 g/mol. The molecule has 1 N–H and O–H groups in total. The second-order valence-corrected chi connectivity index (χ2v) is 3.77. The number of aliphatic carboxylic acids is 1. The molecule has 3 heteroatoms. The molecule has 0 fully saturated rings. The number of carbonyl (C=O) groups is 1. The van der Waals surface area contributed by atoms with Crippen molar-refractivity contribution < 1.29 is 9.90 Å². The first-order valence-corrected chi connectivity index (χ1v) is 5.63. The van der Waals surface area contributed by atoms with Gasteiger partial charge in [-0.1, -0.05) is 35.7 Å². The fourth-order valence-electron chi connectivity index (χ4n) is 1.16. The summed E-state index contributed by atoms with van der Waals surface area (Å²) in [5, 5.41) is 9.75. The first-order chi connectivity index (χ1) is 5.72. The van der Waals surface area contributed by atoms with Crippen LogP contribution in [0.2, 0.25) is 0 Å². The Hall–Kier alpha value is -0.0500. The fraction of sp³-hybridized carbons (Fsp3) is 0.889. The van der Waals surface area contributed by atoms with Gasteiger partial charge in [0.05, 0.1) is 5.92 Å². The van der Waals surface area contributed by atoms with Crippen LogP contribution in [0, 0.1) is 5.92 Å². The highest BCUT2D eigenvalue weighted by Crippen LogP contribution is 2.13. The van der Waals surface area contributed by atoms with E-state index in [9.17, 15) is 4.79 Å². The molecule has 0 saturated heterocycles. The molecule has 0 radical (unpaired) electrons. The summed E-state index contributed by atoms with van der Waals surface area (Å²) in [6.07, 6.45) is 4.91. The second kappa shape index (κ2) is 7.59. The third kappa shape index (κ3) is 5.58. The number of unbranched alkanes of at least 4 members (excludes halogenated alkanes) is 2. The topological polar surface area (TPSA) is 37.3 Å². The Morgan fingerprint density at radius 3 is 2.50 bits per heavy atom. The number of hydrogen-bond donors (Lipinski definition) is 1. The minimum atomic E-state index is -0.642. The van der Waals surface area contributed by atoms with Gasteiger partial charge in [-0.15, -0.1) is 0 Å². The molecule has 0 spiro atoms. The van der Waals surface area contributed by atoms with Gasteiger partial charge in [-0.3, -0.25) is 4.79 Å². The molecule has 0 aromatic carbocycles. The number of halogens is 1. The number of hydrogen-bond acceptors (Lipinski definition) is 1. The van der Waals surface area contributed by atoms with Crippen LogP contribution >= 0.6 is 15.9 Å². The Morgan fingerprint density at radius 1 is 1.42 bits per heavy atom. The lowest BCUT2D eigenvalue weighted by atomic mass is 9.99. The summed E-state index contributed by atoms with van der Waals surface area (Å²) in [5.41, 5.74) is 0. The quantitative estimate of drug-likeness (QED) is 0.545. The van der Waals surface area contributed by atoms with E-state index in [1.165, 1.54) is 0 Å². The fourth-order valence-corrected chi connectivity index (χ4v) is 1.56. The highest BCUT2D eigenvalue weighted by molar-refractivity contribution is 9.09.